The lowest BCUT2D eigenvalue weighted by atomic mass is 9.63. The fourth-order valence-corrected chi connectivity index (χ4v) is 4.74. The van der Waals surface area contributed by atoms with Crippen LogP contribution in [-0.2, 0) is 12.0 Å². The van der Waals surface area contributed by atoms with Crippen LogP contribution in [0.1, 0.15) is 37.1 Å². The summed E-state index contributed by atoms with van der Waals surface area (Å²) in [5, 5.41) is 0. The second kappa shape index (κ2) is 7.39. The van der Waals surface area contributed by atoms with E-state index in [1.165, 1.54) is 11.1 Å². The van der Waals surface area contributed by atoms with Gasteiger partial charge in [-0.25, -0.2) is 0 Å². The SMILES string of the molecule is C/C=C1\C2C=C(C)CC1(N=Cc1cc(OC)cc(OC)c1)c1ccc(=O)[nH]c1C2. The van der Waals surface area contributed by atoms with Crippen molar-refractivity contribution in [3.05, 3.63) is 80.8 Å². The molecule has 0 fully saturated rings. The number of methoxy groups -OCH3 is 2. The van der Waals surface area contributed by atoms with Gasteiger partial charge < -0.3 is 14.5 Å². The van der Waals surface area contributed by atoms with E-state index in [9.17, 15) is 4.79 Å². The van der Waals surface area contributed by atoms with E-state index in [0.29, 0.717) is 0 Å². The Morgan fingerprint density at radius 2 is 1.90 bits per heavy atom. The van der Waals surface area contributed by atoms with Crippen LogP contribution in [-0.4, -0.2) is 25.4 Å². The van der Waals surface area contributed by atoms with Gasteiger partial charge in [-0.05, 0) is 49.6 Å². The highest BCUT2D eigenvalue weighted by atomic mass is 16.5. The number of hydrogen-bond donors (Lipinski definition) is 1. The maximum Gasteiger partial charge on any atom is 0.248 e. The Balaban J connectivity index is 1.88. The number of fused-ring (bicyclic) bond motifs is 4. The third-order valence-electron chi connectivity index (χ3n) is 5.89. The second-order valence-corrected chi connectivity index (χ2v) is 7.72. The number of nitrogens with zero attached hydrogens (tertiary/aromatic N) is 1. The molecule has 2 aromatic rings. The van der Waals surface area contributed by atoms with Crippen molar-refractivity contribution >= 4 is 6.21 Å². The predicted octanol–water partition coefficient (Wildman–Crippen LogP) is 4.18. The zero-order chi connectivity index (χ0) is 20.6. The van der Waals surface area contributed by atoms with Gasteiger partial charge >= 0.3 is 0 Å². The van der Waals surface area contributed by atoms with Crippen LogP contribution in [0.4, 0.5) is 0 Å². The van der Waals surface area contributed by atoms with Crippen molar-refractivity contribution in [2.24, 2.45) is 10.9 Å². The molecule has 5 heteroatoms. The third-order valence-corrected chi connectivity index (χ3v) is 5.89. The van der Waals surface area contributed by atoms with Gasteiger partial charge in [-0.15, -0.1) is 0 Å². The molecule has 0 radical (unpaired) electrons. The van der Waals surface area contributed by atoms with E-state index in [1.54, 1.807) is 20.3 Å². The zero-order valence-corrected chi connectivity index (χ0v) is 17.3. The number of pyridine rings is 1. The van der Waals surface area contributed by atoms with Gasteiger partial charge in [-0.2, -0.15) is 0 Å². The van der Waals surface area contributed by atoms with Crippen LogP contribution in [0.2, 0.25) is 0 Å². The summed E-state index contributed by atoms with van der Waals surface area (Å²) >= 11 is 0. The molecule has 2 aliphatic rings. The summed E-state index contributed by atoms with van der Waals surface area (Å²) in [6, 6.07) is 9.27. The molecule has 0 spiro atoms. The van der Waals surface area contributed by atoms with E-state index in [4.69, 9.17) is 14.5 Å². The summed E-state index contributed by atoms with van der Waals surface area (Å²) in [4.78, 5) is 20.2. The molecule has 0 aliphatic heterocycles. The van der Waals surface area contributed by atoms with Gasteiger partial charge in [0.05, 0.1) is 14.2 Å². The maximum absolute atomic E-state index is 11.9. The Hall–Kier alpha value is -3.08. The second-order valence-electron chi connectivity index (χ2n) is 7.72. The van der Waals surface area contributed by atoms with Gasteiger partial charge in [0.15, 0.2) is 0 Å². The molecular weight excluding hydrogens is 364 g/mol. The molecule has 1 aromatic carbocycles. The average molecular weight is 390 g/mol. The molecule has 2 atom stereocenters. The van der Waals surface area contributed by atoms with Gasteiger partial charge in [0.1, 0.15) is 17.0 Å². The van der Waals surface area contributed by atoms with Crippen LogP contribution >= 0.6 is 0 Å². The monoisotopic (exact) mass is 390 g/mol. The number of allylic oxidation sites excluding steroid dienone is 2. The highest BCUT2D eigenvalue weighted by Crippen LogP contribution is 2.51. The van der Waals surface area contributed by atoms with Gasteiger partial charge in [0.2, 0.25) is 5.56 Å². The molecule has 150 valence electrons. The first-order chi connectivity index (χ1) is 14.0. The van der Waals surface area contributed by atoms with Crippen molar-refractivity contribution in [3.63, 3.8) is 0 Å². The van der Waals surface area contributed by atoms with Crippen LogP contribution in [0, 0.1) is 5.92 Å². The van der Waals surface area contributed by atoms with Crippen LogP contribution < -0.4 is 15.0 Å². The number of hydrogen-bond acceptors (Lipinski definition) is 4. The van der Waals surface area contributed by atoms with Crippen molar-refractivity contribution in [3.8, 4) is 11.5 Å². The van der Waals surface area contributed by atoms with E-state index < -0.39 is 5.54 Å². The minimum Gasteiger partial charge on any atom is -0.497 e. The molecule has 0 amide bonds. The number of H-pyrrole nitrogens is 1. The highest BCUT2D eigenvalue weighted by Gasteiger charge is 2.46. The summed E-state index contributed by atoms with van der Waals surface area (Å²) in [6.07, 6.45) is 7.98. The van der Waals surface area contributed by atoms with Crippen molar-refractivity contribution < 1.29 is 9.47 Å². The summed E-state index contributed by atoms with van der Waals surface area (Å²) in [5.41, 5.74) is 5.00. The Morgan fingerprint density at radius 3 is 2.55 bits per heavy atom. The van der Waals surface area contributed by atoms with E-state index in [2.05, 4.69) is 31.0 Å². The summed E-state index contributed by atoms with van der Waals surface area (Å²) < 4.78 is 10.8. The minimum absolute atomic E-state index is 0.0666. The number of aromatic amines is 1. The molecule has 1 heterocycles. The lowest BCUT2D eigenvalue weighted by Crippen LogP contribution is -2.40. The number of aromatic nitrogens is 1. The Labute approximate surface area is 170 Å². The lowest BCUT2D eigenvalue weighted by molar-refractivity contribution is 0.394. The van der Waals surface area contributed by atoms with E-state index in [1.807, 2.05) is 30.5 Å². The fourth-order valence-electron chi connectivity index (χ4n) is 4.74. The summed E-state index contributed by atoms with van der Waals surface area (Å²) in [6.45, 7) is 4.24. The molecule has 4 rings (SSSR count). The molecule has 29 heavy (non-hydrogen) atoms. The number of rotatable bonds is 4. The normalized spacial score (nSPS) is 24.3. The van der Waals surface area contributed by atoms with Crippen LogP contribution in [0.15, 0.2) is 63.4 Å². The van der Waals surface area contributed by atoms with Crippen LogP contribution in [0.3, 0.4) is 0 Å². The summed E-state index contributed by atoms with van der Waals surface area (Å²) in [7, 11) is 3.28. The first-order valence-corrected chi connectivity index (χ1v) is 9.84. The fraction of sp³-hybridized carbons (Fsp3) is 0.333. The van der Waals surface area contributed by atoms with Crippen molar-refractivity contribution in [1.29, 1.82) is 0 Å². The van der Waals surface area contributed by atoms with Gasteiger partial charge in [0, 0.05) is 41.9 Å². The molecule has 0 saturated carbocycles. The molecular formula is C24H26N2O3. The molecule has 1 aromatic heterocycles. The smallest absolute Gasteiger partial charge is 0.248 e. The maximum atomic E-state index is 11.9. The standard InChI is InChI=1S/C24H26N2O3/c1-5-20-17-8-15(2)13-24(20,21-6-7-23(27)26-22(21)11-17)25-14-16-9-18(28-3)12-19(10-16)29-4/h5-10,12,14,17H,11,13H2,1-4H3,(H,26,27)/b20-5+,25-14?. The largest absolute Gasteiger partial charge is 0.497 e. The number of benzene rings is 1. The highest BCUT2D eigenvalue weighted by molar-refractivity contribution is 5.82. The lowest BCUT2D eigenvalue weighted by Gasteiger charge is -2.45. The van der Waals surface area contributed by atoms with Gasteiger partial charge in [-0.1, -0.05) is 17.7 Å². The van der Waals surface area contributed by atoms with Crippen LogP contribution in [0.5, 0.6) is 11.5 Å². The number of ether oxygens (including phenoxy) is 2. The van der Waals surface area contributed by atoms with Crippen molar-refractivity contribution in [2.45, 2.75) is 32.2 Å². The molecule has 2 bridgehead atoms. The van der Waals surface area contributed by atoms with Crippen LogP contribution in [0.25, 0.3) is 0 Å². The molecule has 0 saturated heterocycles. The zero-order valence-electron chi connectivity index (χ0n) is 17.3. The number of nitrogens with one attached hydrogen (secondary N) is 1. The molecule has 2 aliphatic carbocycles. The first-order valence-electron chi connectivity index (χ1n) is 9.84. The first kappa shape index (κ1) is 19.2. The Kier molecular flexibility index (Phi) is 4.91. The molecule has 1 N–H and O–H groups in total. The molecule has 5 nitrogen and oxygen atoms in total. The van der Waals surface area contributed by atoms with Gasteiger partial charge in [-0.3, -0.25) is 9.79 Å². The predicted molar refractivity (Wildman–Crippen MR) is 115 cm³/mol. The number of aliphatic imine (C=N–C) groups is 1. The van der Waals surface area contributed by atoms with Crippen molar-refractivity contribution in [1.82, 2.24) is 4.98 Å². The third kappa shape index (κ3) is 3.31. The summed E-state index contributed by atoms with van der Waals surface area (Å²) in [5.74, 6) is 1.69. The molecule has 2 unspecified atom stereocenters. The Bertz CT molecular complexity index is 1070. The van der Waals surface area contributed by atoms with E-state index in [0.717, 1.165) is 41.2 Å². The van der Waals surface area contributed by atoms with E-state index in [-0.39, 0.29) is 11.5 Å². The topological polar surface area (TPSA) is 63.7 Å². The minimum atomic E-state index is -0.508. The van der Waals surface area contributed by atoms with Gasteiger partial charge in [0.25, 0.3) is 0 Å². The quantitative estimate of drug-likeness (QED) is 0.629. The average Bonchev–Trinajstić information content (AvgIpc) is 2.71. The Morgan fingerprint density at radius 1 is 1.17 bits per heavy atom. The van der Waals surface area contributed by atoms with E-state index >= 15 is 0 Å². The van der Waals surface area contributed by atoms with Crippen molar-refractivity contribution in [2.75, 3.05) is 14.2 Å².